The third-order valence-electron chi connectivity index (χ3n) is 1.19. The summed E-state index contributed by atoms with van der Waals surface area (Å²) in [5.74, 6) is 0. The van der Waals surface area contributed by atoms with Gasteiger partial charge in [0.1, 0.15) is 0 Å². The van der Waals surface area contributed by atoms with E-state index < -0.39 is 13.4 Å². The summed E-state index contributed by atoms with van der Waals surface area (Å²) in [6.45, 7) is 1.99. The Kier molecular flexibility index (Phi) is 6.00. The van der Waals surface area contributed by atoms with E-state index in [9.17, 15) is 9.13 Å². The van der Waals surface area contributed by atoms with Crippen molar-refractivity contribution in [2.75, 3.05) is 0 Å². The van der Waals surface area contributed by atoms with Crippen LogP contribution in [-0.4, -0.2) is 10.3 Å². The van der Waals surface area contributed by atoms with Gasteiger partial charge in [0.15, 0.2) is 0 Å². The van der Waals surface area contributed by atoms with E-state index in [0.717, 1.165) is 12.8 Å². The van der Waals surface area contributed by atoms with Gasteiger partial charge in [0.2, 0.25) is 8.46 Å². The van der Waals surface area contributed by atoms with Gasteiger partial charge in [-0.3, -0.25) is 4.57 Å². The molecular formula is C5H11O3P2+. The minimum atomic E-state index is -2.25. The third kappa shape index (κ3) is 4.05. The van der Waals surface area contributed by atoms with Gasteiger partial charge in [-0.2, -0.15) is 4.89 Å². The lowest BCUT2D eigenvalue weighted by atomic mass is 10.3. The van der Waals surface area contributed by atoms with Crippen molar-refractivity contribution in [2.24, 2.45) is 0 Å². The van der Waals surface area contributed by atoms with E-state index in [1.165, 1.54) is 0 Å². The first-order valence-corrected chi connectivity index (χ1v) is 5.36. The van der Waals surface area contributed by atoms with Crippen LogP contribution in [0.5, 0.6) is 0 Å². The summed E-state index contributed by atoms with van der Waals surface area (Å²) in [7, 11) is -2.46. The second-order valence-corrected chi connectivity index (χ2v) is 4.50. The lowest BCUT2D eigenvalue weighted by Crippen LogP contribution is -1.90. The largest absolute Gasteiger partial charge is 0.521 e. The molecule has 10 heavy (non-hydrogen) atoms. The number of unbranched alkanes of at least 4 members (excludes halogenated alkanes) is 1. The summed E-state index contributed by atoms with van der Waals surface area (Å²) in [5, 5.41) is -0.546. The Bertz CT molecular complexity index is 126. The van der Waals surface area contributed by atoms with Crippen molar-refractivity contribution in [3.05, 3.63) is 0 Å². The summed E-state index contributed by atoms with van der Waals surface area (Å²) in [4.78, 5) is 8.54. The SMILES string of the molecule is CCCCC(P=O)[P+](=O)O. The van der Waals surface area contributed by atoms with Crippen LogP contribution in [0.15, 0.2) is 0 Å². The summed E-state index contributed by atoms with van der Waals surface area (Å²) in [6.07, 6.45) is 2.41. The van der Waals surface area contributed by atoms with Crippen LogP contribution in [0.1, 0.15) is 26.2 Å². The Morgan fingerprint density at radius 2 is 2.30 bits per heavy atom. The number of rotatable bonds is 5. The quantitative estimate of drug-likeness (QED) is 0.663. The van der Waals surface area contributed by atoms with E-state index in [-0.39, 0.29) is 8.46 Å². The molecule has 0 heterocycles. The third-order valence-corrected chi connectivity index (χ3v) is 3.34. The molecule has 0 aromatic rings. The van der Waals surface area contributed by atoms with Crippen LogP contribution in [0, 0.1) is 0 Å². The summed E-state index contributed by atoms with van der Waals surface area (Å²) in [5.41, 5.74) is 0. The van der Waals surface area contributed by atoms with Gasteiger partial charge in [0.05, 0.1) is 0 Å². The summed E-state index contributed by atoms with van der Waals surface area (Å²) in [6, 6.07) is 0. The molecule has 0 saturated heterocycles. The molecule has 0 bridgehead atoms. The Labute approximate surface area is 62.9 Å². The average molecular weight is 181 g/mol. The molecule has 2 atom stereocenters. The fraction of sp³-hybridized carbons (Fsp3) is 1.00. The molecule has 5 heteroatoms. The first-order valence-electron chi connectivity index (χ1n) is 3.20. The molecule has 0 rings (SSSR count). The lowest BCUT2D eigenvalue weighted by molar-refractivity contribution is 0.494. The Balaban J connectivity index is 3.60. The lowest BCUT2D eigenvalue weighted by Gasteiger charge is -1.91. The van der Waals surface area contributed by atoms with E-state index in [0.29, 0.717) is 6.42 Å². The normalized spacial score (nSPS) is 15.2. The minimum absolute atomic E-state index is 0.205. The van der Waals surface area contributed by atoms with Crippen LogP contribution in [0.25, 0.3) is 0 Å². The van der Waals surface area contributed by atoms with Crippen LogP contribution < -0.4 is 0 Å². The van der Waals surface area contributed by atoms with E-state index in [1.54, 1.807) is 0 Å². The van der Waals surface area contributed by atoms with Crippen LogP contribution in [0.2, 0.25) is 0 Å². The predicted octanol–water partition coefficient (Wildman–Crippen LogP) is 2.53. The minimum Gasteiger partial charge on any atom is -0.270 e. The maximum absolute atomic E-state index is 10.4. The van der Waals surface area contributed by atoms with Crippen molar-refractivity contribution in [1.29, 1.82) is 0 Å². The molecule has 1 N–H and O–H groups in total. The van der Waals surface area contributed by atoms with E-state index in [2.05, 4.69) is 0 Å². The van der Waals surface area contributed by atoms with E-state index in [1.807, 2.05) is 6.92 Å². The fourth-order valence-corrected chi connectivity index (χ4v) is 1.60. The fourth-order valence-electron chi connectivity index (χ4n) is 0.590. The Morgan fingerprint density at radius 3 is 2.60 bits per heavy atom. The van der Waals surface area contributed by atoms with Crippen LogP contribution in [0.3, 0.4) is 0 Å². The molecule has 0 aromatic heterocycles. The van der Waals surface area contributed by atoms with Gasteiger partial charge in [-0.15, -0.1) is 0 Å². The van der Waals surface area contributed by atoms with Crippen molar-refractivity contribution in [3.8, 4) is 0 Å². The van der Waals surface area contributed by atoms with Gasteiger partial charge in [0.25, 0.3) is 5.40 Å². The van der Waals surface area contributed by atoms with Crippen molar-refractivity contribution >= 4 is 16.5 Å². The van der Waals surface area contributed by atoms with Crippen LogP contribution in [0.4, 0.5) is 0 Å². The summed E-state index contributed by atoms with van der Waals surface area (Å²) < 4.78 is 20.6. The average Bonchev–Trinajstić information content (AvgIpc) is 1.89. The second-order valence-electron chi connectivity index (χ2n) is 2.03. The van der Waals surface area contributed by atoms with Crippen molar-refractivity contribution in [2.45, 2.75) is 31.6 Å². The number of hydrogen-bond acceptors (Lipinski definition) is 2. The monoisotopic (exact) mass is 181 g/mol. The topological polar surface area (TPSA) is 54.4 Å². The highest BCUT2D eigenvalue weighted by Gasteiger charge is 2.28. The molecule has 0 aliphatic rings. The van der Waals surface area contributed by atoms with Crippen LogP contribution >= 0.6 is 16.5 Å². The van der Waals surface area contributed by atoms with Gasteiger partial charge < -0.3 is 0 Å². The van der Waals surface area contributed by atoms with Crippen molar-refractivity contribution < 1.29 is 14.0 Å². The van der Waals surface area contributed by atoms with Crippen LogP contribution in [-0.2, 0) is 9.13 Å². The zero-order chi connectivity index (χ0) is 7.98. The highest BCUT2D eigenvalue weighted by Crippen LogP contribution is 2.34. The van der Waals surface area contributed by atoms with Gasteiger partial charge in [-0.25, -0.2) is 0 Å². The molecule has 0 aliphatic carbocycles. The molecular weight excluding hydrogens is 170 g/mol. The smallest absolute Gasteiger partial charge is 0.270 e. The zero-order valence-electron chi connectivity index (χ0n) is 5.86. The molecule has 0 aromatic carbocycles. The zero-order valence-corrected chi connectivity index (χ0v) is 7.65. The van der Waals surface area contributed by atoms with Gasteiger partial charge in [-0.1, -0.05) is 13.3 Å². The molecule has 2 unspecified atom stereocenters. The van der Waals surface area contributed by atoms with Crippen molar-refractivity contribution in [3.63, 3.8) is 0 Å². The molecule has 0 amide bonds. The molecule has 0 radical (unpaired) electrons. The maximum atomic E-state index is 10.4. The van der Waals surface area contributed by atoms with Gasteiger partial charge >= 0.3 is 8.03 Å². The standard InChI is InChI=1S/C5H10O3P2/c1-2-3-4-5(9-6)10(7)8/h5H,2-4H2,1H3/p+1. The predicted molar refractivity (Wildman–Crippen MR) is 40.7 cm³/mol. The second kappa shape index (κ2) is 5.91. The molecule has 0 fully saturated rings. The Morgan fingerprint density at radius 1 is 1.70 bits per heavy atom. The highest BCUT2D eigenvalue weighted by atomic mass is 31.2. The van der Waals surface area contributed by atoms with Crippen molar-refractivity contribution in [1.82, 2.24) is 0 Å². The van der Waals surface area contributed by atoms with E-state index in [4.69, 9.17) is 4.89 Å². The van der Waals surface area contributed by atoms with E-state index >= 15 is 0 Å². The first-order chi connectivity index (χ1) is 4.72. The molecule has 3 nitrogen and oxygen atoms in total. The number of hydrogen-bond donors (Lipinski definition) is 1. The highest BCUT2D eigenvalue weighted by molar-refractivity contribution is 7.52. The maximum Gasteiger partial charge on any atom is 0.521 e. The van der Waals surface area contributed by atoms with Gasteiger partial charge in [-0.05, 0) is 11.0 Å². The Hall–Kier alpha value is 0.160. The van der Waals surface area contributed by atoms with Gasteiger partial charge in [0, 0.05) is 6.42 Å². The molecule has 58 valence electrons. The molecule has 0 saturated carbocycles. The molecule has 0 aliphatic heterocycles. The molecule has 0 spiro atoms. The first kappa shape index (κ1) is 10.2. The summed E-state index contributed by atoms with van der Waals surface area (Å²) >= 11 is 0.